The molecule has 0 radical (unpaired) electrons. The average Bonchev–Trinajstić information content (AvgIpc) is 2.68. The van der Waals surface area contributed by atoms with Crippen LogP contribution in [0.4, 0.5) is 10.1 Å². The molecule has 1 heterocycles. The van der Waals surface area contributed by atoms with Gasteiger partial charge in [0.2, 0.25) is 0 Å². The highest BCUT2D eigenvalue weighted by molar-refractivity contribution is 9.10. The highest BCUT2D eigenvalue weighted by Crippen LogP contribution is 2.24. The van der Waals surface area contributed by atoms with E-state index in [1.54, 1.807) is 12.3 Å². The Labute approximate surface area is 108 Å². The molecule has 17 heavy (non-hydrogen) atoms. The van der Waals surface area contributed by atoms with Gasteiger partial charge in [-0.05, 0) is 40.5 Å². The average molecular weight is 298 g/mol. The van der Waals surface area contributed by atoms with Gasteiger partial charge in [0, 0.05) is 25.1 Å². The number of nitrogens with one attached hydrogen (secondary N) is 1. The molecular formula is C12H13BrFN3. The molecule has 0 bridgehead atoms. The second-order valence-corrected chi connectivity index (χ2v) is 4.74. The second-order valence-electron chi connectivity index (χ2n) is 3.89. The molecule has 0 unspecified atom stereocenters. The Morgan fingerprint density at radius 1 is 1.47 bits per heavy atom. The van der Waals surface area contributed by atoms with E-state index in [-0.39, 0.29) is 5.82 Å². The fraction of sp³-hybridized carbons (Fsp3) is 0.250. The number of aryl methyl sites for hydroxylation is 2. The van der Waals surface area contributed by atoms with Crippen LogP contribution in [0.3, 0.4) is 0 Å². The van der Waals surface area contributed by atoms with Gasteiger partial charge in [-0.25, -0.2) is 9.37 Å². The Bertz CT molecular complexity index is 537. The van der Waals surface area contributed by atoms with Gasteiger partial charge in [0.15, 0.2) is 0 Å². The SMILES string of the molecule is Cc1cc(F)c(Br)cc1NCc1nccn1C. The first-order valence-corrected chi connectivity index (χ1v) is 6.03. The number of benzene rings is 1. The first kappa shape index (κ1) is 12.1. The number of halogens is 2. The van der Waals surface area contributed by atoms with E-state index < -0.39 is 0 Å². The van der Waals surface area contributed by atoms with Gasteiger partial charge in [-0.2, -0.15) is 0 Å². The van der Waals surface area contributed by atoms with E-state index in [2.05, 4.69) is 26.2 Å². The molecule has 5 heteroatoms. The topological polar surface area (TPSA) is 29.9 Å². The summed E-state index contributed by atoms with van der Waals surface area (Å²) in [6.45, 7) is 2.48. The van der Waals surface area contributed by atoms with Crippen LogP contribution in [0.15, 0.2) is 29.0 Å². The minimum atomic E-state index is -0.245. The molecule has 0 spiro atoms. The van der Waals surface area contributed by atoms with E-state index in [1.807, 2.05) is 24.7 Å². The van der Waals surface area contributed by atoms with Crippen molar-refractivity contribution in [2.75, 3.05) is 5.32 Å². The summed E-state index contributed by atoms with van der Waals surface area (Å²) in [6.07, 6.45) is 3.65. The summed E-state index contributed by atoms with van der Waals surface area (Å²) in [5.41, 5.74) is 1.78. The summed E-state index contributed by atoms with van der Waals surface area (Å²) >= 11 is 3.18. The summed E-state index contributed by atoms with van der Waals surface area (Å²) in [4.78, 5) is 4.22. The van der Waals surface area contributed by atoms with E-state index in [4.69, 9.17) is 0 Å². The van der Waals surface area contributed by atoms with E-state index in [0.29, 0.717) is 11.0 Å². The molecular weight excluding hydrogens is 285 g/mol. The number of rotatable bonds is 3. The number of imidazole rings is 1. The van der Waals surface area contributed by atoms with E-state index >= 15 is 0 Å². The van der Waals surface area contributed by atoms with Crippen molar-refractivity contribution >= 4 is 21.6 Å². The molecule has 0 saturated carbocycles. The van der Waals surface area contributed by atoms with Crippen molar-refractivity contribution in [3.8, 4) is 0 Å². The van der Waals surface area contributed by atoms with E-state index in [9.17, 15) is 4.39 Å². The predicted molar refractivity (Wildman–Crippen MR) is 69.4 cm³/mol. The molecule has 0 aliphatic rings. The van der Waals surface area contributed by atoms with Gasteiger partial charge in [0.05, 0.1) is 11.0 Å². The van der Waals surface area contributed by atoms with Crippen LogP contribution in [0.5, 0.6) is 0 Å². The number of hydrogen-bond donors (Lipinski definition) is 1. The minimum Gasteiger partial charge on any atom is -0.378 e. The van der Waals surface area contributed by atoms with Crippen molar-refractivity contribution in [2.24, 2.45) is 7.05 Å². The maximum atomic E-state index is 13.2. The van der Waals surface area contributed by atoms with Crippen molar-refractivity contribution in [1.29, 1.82) is 0 Å². The predicted octanol–water partition coefficient (Wildman–Crippen LogP) is 3.24. The highest BCUT2D eigenvalue weighted by Gasteiger charge is 2.06. The van der Waals surface area contributed by atoms with Crippen molar-refractivity contribution in [3.05, 3.63) is 46.2 Å². The third kappa shape index (κ3) is 2.66. The molecule has 0 amide bonds. The quantitative estimate of drug-likeness (QED) is 0.942. The molecule has 1 aromatic heterocycles. The van der Waals surface area contributed by atoms with Crippen LogP contribution in [0.1, 0.15) is 11.4 Å². The Morgan fingerprint density at radius 2 is 2.24 bits per heavy atom. The molecule has 0 fully saturated rings. The first-order valence-electron chi connectivity index (χ1n) is 5.23. The van der Waals surface area contributed by atoms with Crippen LogP contribution < -0.4 is 5.32 Å². The second kappa shape index (κ2) is 4.87. The normalized spacial score (nSPS) is 10.6. The van der Waals surface area contributed by atoms with Crippen molar-refractivity contribution in [2.45, 2.75) is 13.5 Å². The summed E-state index contributed by atoms with van der Waals surface area (Å²) in [7, 11) is 1.94. The van der Waals surface area contributed by atoms with E-state index in [1.165, 1.54) is 6.07 Å². The third-order valence-electron chi connectivity index (χ3n) is 2.63. The van der Waals surface area contributed by atoms with Crippen LogP contribution in [0.25, 0.3) is 0 Å². The van der Waals surface area contributed by atoms with Gasteiger partial charge in [-0.1, -0.05) is 0 Å². The molecule has 2 rings (SSSR count). The monoisotopic (exact) mass is 297 g/mol. The molecule has 0 aliphatic heterocycles. The molecule has 1 aromatic carbocycles. The fourth-order valence-electron chi connectivity index (χ4n) is 1.58. The van der Waals surface area contributed by atoms with Crippen molar-refractivity contribution in [1.82, 2.24) is 9.55 Å². The largest absolute Gasteiger partial charge is 0.378 e. The maximum absolute atomic E-state index is 13.2. The summed E-state index contributed by atoms with van der Waals surface area (Å²) in [6, 6.07) is 3.25. The Hall–Kier alpha value is -1.36. The summed E-state index contributed by atoms with van der Waals surface area (Å²) < 4.78 is 15.7. The molecule has 0 atom stereocenters. The van der Waals surface area contributed by atoms with Crippen molar-refractivity contribution < 1.29 is 4.39 Å². The minimum absolute atomic E-state index is 0.245. The fourth-order valence-corrected chi connectivity index (χ4v) is 1.92. The zero-order valence-electron chi connectivity index (χ0n) is 9.67. The molecule has 0 aliphatic carbocycles. The van der Waals surface area contributed by atoms with Crippen LogP contribution in [-0.2, 0) is 13.6 Å². The lowest BCUT2D eigenvalue weighted by atomic mass is 10.2. The van der Waals surface area contributed by atoms with Crippen LogP contribution in [-0.4, -0.2) is 9.55 Å². The Kier molecular flexibility index (Phi) is 3.47. The Balaban J connectivity index is 2.14. The molecule has 90 valence electrons. The number of aromatic nitrogens is 2. The van der Waals surface area contributed by atoms with Gasteiger partial charge in [0.25, 0.3) is 0 Å². The zero-order chi connectivity index (χ0) is 12.4. The molecule has 3 nitrogen and oxygen atoms in total. The van der Waals surface area contributed by atoms with Gasteiger partial charge >= 0.3 is 0 Å². The van der Waals surface area contributed by atoms with Gasteiger partial charge in [-0.15, -0.1) is 0 Å². The standard InChI is InChI=1S/C12H13BrFN3/c1-8-5-10(14)9(13)6-11(8)16-7-12-15-3-4-17(12)2/h3-6,16H,7H2,1-2H3. The number of hydrogen-bond acceptors (Lipinski definition) is 2. The maximum Gasteiger partial charge on any atom is 0.137 e. The first-order chi connectivity index (χ1) is 8.08. The van der Waals surface area contributed by atoms with Crippen LogP contribution in [0.2, 0.25) is 0 Å². The Morgan fingerprint density at radius 3 is 2.88 bits per heavy atom. The lowest BCUT2D eigenvalue weighted by molar-refractivity contribution is 0.620. The smallest absolute Gasteiger partial charge is 0.137 e. The highest BCUT2D eigenvalue weighted by atomic mass is 79.9. The lowest BCUT2D eigenvalue weighted by Gasteiger charge is -2.10. The van der Waals surface area contributed by atoms with Crippen molar-refractivity contribution in [3.63, 3.8) is 0 Å². The lowest BCUT2D eigenvalue weighted by Crippen LogP contribution is -2.06. The third-order valence-corrected chi connectivity index (χ3v) is 3.23. The molecule has 1 N–H and O–H groups in total. The van der Waals surface area contributed by atoms with Crippen LogP contribution >= 0.6 is 15.9 Å². The number of anilines is 1. The van der Waals surface area contributed by atoms with Gasteiger partial charge in [0.1, 0.15) is 11.6 Å². The van der Waals surface area contributed by atoms with E-state index in [0.717, 1.165) is 17.1 Å². The van der Waals surface area contributed by atoms with Gasteiger partial charge in [-0.3, -0.25) is 0 Å². The van der Waals surface area contributed by atoms with Gasteiger partial charge < -0.3 is 9.88 Å². The molecule has 0 saturated heterocycles. The van der Waals surface area contributed by atoms with Crippen LogP contribution in [0, 0.1) is 12.7 Å². The summed E-state index contributed by atoms with van der Waals surface area (Å²) in [5, 5.41) is 3.24. The summed E-state index contributed by atoms with van der Waals surface area (Å²) in [5.74, 6) is 0.690. The molecule has 2 aromatic rings. The number of nitrogens with zero attached hydrogens (tertiary/aromatic N) is 2. The zero-order valence-corrected chi connectivity index (χ0v) is 11.3.